The van der Waals surface area contributed by atoms with Gasteiger partial charge in [0.25, 0.3) is 0 Å². The molecule has 0 saturated heterocycles. The van der Waals surface area contributed by atoms with Crippen LogP contribution in [0.5, 0.6) is 0 Å². The molecule has 2 heterocycles. The first-order valence-electron chi connectivity index (χ1n) is 18.7. The van der Waals surface area contributed by atoms with Gasteiger partial charge in [0.05, 0.1) is 11.4 Å². The molecule has 10 aromatic rings. The van der Waals surface area contributed by atoms with Gasteiger partial charge in [-0.2, -0.15) is 0 Å². The monoisotopic (exact) mass is 700 g/mol. The second kappa shape index (κ2) is 12.6. The summed E-state index contributed by atoms with van der Waals surface area (Å²) in [4.78, 5) is 10.8. The molecule has 0 fully saturated rings. The fourth-order valence-electron chi connectivity index (χ4n) is 8.67. The van der Waals surface area contributed by atoms with Crippen molar-refractivity contribution >= 4 is 130 Å². The van der Waals surface area contributed by atoms with Crippen molar-refractivity contribution in [3.05, 3.63) is 140 Å². The number of benzene rings is 8. The Bertz CT molecular complexity index is 3110. The van der Waals surface area contributed by atoms with Gasteiger partial charge in [-0.3, -0.25) is 0 Å². The second-order valence-electron chi connectivity index (χ2n) is 14.6. The summed E-state index contributed by atoms with van der Waals surface area (Å²) in [6.07, 6.45) is 0. The molecule has 8 aromatic carbocycles. The average molecular weight is 700 g/mol. The van der Waals surface area contributed by atoms with Gasteiger partial charge >= 0.3 is 0 Å². The molecule has 0 N–H and O–H groups in total. The summed E-state index contributed by atoms with van der Waals surface area (Å²) in [5.41, 5.74) is 14.3. The fourth-order valence-corrected chi connectivity index (χ4v) is 9.94. The van der Waals surface area contributed by atoms with Gasteiger partial charge in [-0.25, -0.2) is 9.97 Å². The van der Waals surface area contributed by atoms with Crippen LogP contribution in [0.15, 0.2) is 140 Å². The van der Waals surface area contributed by atoms with Gasteiger partial charge in [0.15, 0.2) is 5.82 Å². The predicted octanol–water partition coefficient (Wildman–Crippen LogP) is 4.26. The van der Waals surface area contributed by atoms with E-state index in [9.17, 15) is 0 Å². The molecule has 0 radical (unpaired) electrons. The van der Waals surface area contributed by atoms with Crippen LogP contribution in [0.2, 0.25) is 0 Å². The minimum Gasteiger partial charge on any atom is -0.228 e. The van der Waals surface area contributed by atoms with Crippen LogP contribution < -0.4 is 27.3 Å². The van der Waals surface area contributed by atoms with Crippen LogP contribution in [0, 0.1) is 0 Å². The van der Waals surface area contributed by atoms with E-state index in [1.54, 1.807) is 0 Å². The van der Waals surface area contributed by atoms with Crippen molar-refractivity contribution in [2.45, 2.75) is 0 Å². The molecule has 0 aliphatic rings. The fraction of sp³-hybridized carbons (Fsp3) is 0. The minimum atomic E-state index is 0.751. The highest BCUT2D eigenvalue weighted by atomic mass is 32.1. The van der Waals surface area contributed by atoms with Gasteiger partial charge in [0.1, 0.15) is 39.2 Å². The molecule has 2 aromatic heterocycles. The van der Waals surface area contributed by atoms with Gasteiger partial charge in [0, 0.05) is 31.3 Å². The van der Waals surface area contributed by atoms with E-state index in [0.29, 0.717) is 0 Å². The van der Waals surface area contributed by atoms with E-state index in [-0.39, 0.29) is 0 Å². The van der Waals surface area contributed by atoms with Crippen molar-refractivity contribution in [3.8, 4) is 45.0 Å². The van der Waals surface area contributed by atoms with Gasteiger partial charge in [-0.15, -0.1) is 27.7 Å². The summed E-state index contributed by atoms with van der Waals surface area (Å²) in [6.45, 7) is 0. The van der Waals surface area contributed by atoms with Crippen molar-refractivity contribution in [1.82, 2.24) is 9.97 Å². The number of hydrogen-bond donors (Lipinski definition) is 0. The van der Waals surface area contributed by atoms with E-state index in [4.69, 9.17) is 9.97 Å². The lowest BCUT2D eigenvalue weighted by atomic mass is 9.60. The third-order valence-electron chi connectivity index (χ3n) is 11.9. The first kappa shape index (κ1) is 32.8. The van der Waals surface area contributed by atoms with Crippen molar-refractivity contribution in [2.24, 2.45) is 0 Å². The van der Waals surface area contributed by atoms with Gasteiger partial charge in [0.2, 0.25) is 0 Å². The second-order valence-corrected chi connectivity index (χ2v) is 15.7. The van der Waals surface area contributed by atoms with E-state index in [1.807, 2.05) is 11.3 Å². The van der Waals surface area contributed by atoms with Gasteiger partial charge < -0.3 is 0 Å². The number of hydrogen-bond acceptors (Lipinski definition) is 3. The Balaban J connectivity index is 1.21. The van der Waals surface area contributed by atoms with E-state index in [2.05, 4.69) is 179 Å². The molecular weight excluding hydrogens is 667 g/mol. The Hall–Kier alpha value is -5.84. The molecule has 0 aliphatic carbocycles. The standard InChI is InChI=1S/C46H33B5N2S/c47-40-39(41(48)43(50)44(51)42(40)49)36-23-35(24-10-2-1-3-11-24)52-46(53-36)33-18-9-19-37-38(33)32-17-8-16-26(45(32)54-37)25-20-21-31-29-14-5-4-12-27(29)28-13-6-7-15-30(28)34(31)22-25/h1-23H,47-51H2. The molecule has 0 saturated carbocycles. The Morgan fingerprint density at radius 3 is 1.61 bits per heavy atom. The first-order valence-corrected chi connectivity index (χ1v) is 19.5. The average Bonchev–Trinajstić information content (AvgIpc) is 3.62. The maximum Gasteiger partial charge on any atom is 0.161 e. The van der Waals surface area contributed by atoms with Crippen LogP contribution in [-0.2, 0) is 0 Å². The van der Waals surface area contributed by atoms with Crippen molar-refractivity contribution < 1.29 is 0 Å². The summed E-state index contributed by atoms with van der Waals surface area (Å²) in [5, 5.41) is 10.2. The summed E-state index contributed by atoms with van der Waals surface area (Å²) < 4.78 is 2.51. The van der Waals surface area contributed by atoms with Crippen molar-refractivity contribution in [3.63, 3.8) is 0 Å². The lowest BCUT2D eigenvalue weighted by Crippen LogP contribution is -2.55. The van der Waals surface area contributed by atoms with E-state index in [1.165, 1.54) is 96.5 Å². The molecule has 10 rings (SSSR count). The van der Waals surface area contributed by atoms with Gasteiger partial charge in [-0.05, 0) is 67.2 Å². The Labute approximate surface area is 323 Å². The van der Waals surface area contributed by atoms with Crippen LogP contribution in [-0.4, -0.2) is 49.2 Å². The Morgan fingerprint density at radius 2 is 0.926 bits per heavy atom. The zero-order valence-electron chi connectivity index (χ0n) is 31.1. The van der Waals surface area contributed by atoms with Crippen LogP contribution in [0.1, 0.15) is 0 Å². The Morgan fingerprint density at radius 1 is 0.389 bits per heavy atom. The SMILES string of the molecule is Bc1c(B)c(B)c(-c2cc(-c3ccccc3)nc(-c3cccc4sc5c(-c6ccc7c8ccccc8c8ccccc8c7c6)cccc5c34)n2)c(B)c1B. The molecule has 0 amide bonds. The number of rotatable bonds is 4. The maximum atomic E-state index is 5.43. The van der Waals surface area contributed by atoms with Gasteiger partial charge in [-0.1, -0.05) is 132 Å². The minimum absolute atomic E-state index is 0.751. The highest BCUT2D eigenvalue weighted by molar-refractivity contribution is 7.26. The lowest BCUT2D eigenvalue weighted by Gasteiger charge is -2.20. The van der Waals surface area contributed by atoms with Crippen molar-refractivity contribution in [1.29, 1.82) is 0 Å². The summed E-state index contributed by atoms with van der Waals surface area (Å²) in [5.74, 6) is 0.751. The molecular formula is C46H33B5N2S. The third-order valence-corrected chi connectivity index (χ3v) is 13.1. The zero-order valence-corrected chi connectivity index (χ0v) is 31.9. The molecule has 248 valence electrons. The van der Waals surface area contributed by atoms with E-state index >= 15 is 0 Å². The summed E-state index contributed by atoms with van der Waals surface area (Å²) >= 11 is 1.86. The quantitative estimate of drug-likeness (QED) is 0.203. The molecule has 0 bridgehead atoms. The van der Waals surface area contributed by atoms with Crippen LogP contribution in [0.4, 0.5) is 0 Å². The largest absolute Gasteiger partial charge is 0.228 e. The zero-order chi connectivity index (χ0) is 36.7. The number of nitrogens with zero attached hydrogens (tertiary/aromatic N) is 2. The van der Waals surface area contributed by atoms with Crippen molar-refractivity contribution in [2.75, 3.05) is 0 Å². The maximum absolute atomic E-state index is 5.43. The number of aromatic nitrogens is 2. The highest BCUT2D eigenvalue weighted by Crippen LogP contribution is 2.45. The molecule has 0 aliphatic heterocycles. The third kappa shape index (κ3) is 5.01. The number of thiophene rings is 1. The van der Waals surface area contributed by atoms with E-state index < -0.39 is 0 Å². The highest BCUT2D eigenvalue weighted by Gasteiger charge is 2.20. The normalized spacial score (nSPS) is 11.7. The molecule has 0 atom stereocenters. The first-order chi connectivity index (χ1) is 26.4. The Kier molecular flexibility index (Phi) is 7.68. The topological polar surface area (TPSA) is 25.8 Å². The molecule has 54 heavy (non-hydrogen) atoms. The molecule has 0 unspecified atom stereocenters. The van der Waals surface area contributed by atoms with Crippen LogP contribution >= 0.6 is 11.3 Å². The molecule has 2 nitrogen and oxygen atoms in total. The molecule has 8 heteroatoms. The lowest BCUT2D eigenvalue weighted by molar-refractivity contribution is 1.19. The van der Waals surface area contributed by atoms with Crippen LogP contribution in [0.3, 0.4) is 0 Å². The number of fused-ring (bicyclic) bond motifs is 9. The predicted molar refractivity (Wildman–Crippen MR) is 250 cm³/mol. The van der Waals surface area contributed by atoms with E-state index in [0.717, 1.165) is 28.3 Å². The summed E-state index contributed by atoms with van der Waals surface area (Å²) in [6, 6.07) is 50.7. The van der Waals surface area contributed by atoms with Crippen LogP contribution in [0.25, 0.3) is 97.5 Å². The smallest absolute Gasteiger partial charge is 0.161 e. The molecule has 0 spiro atoms. The summed E-state index contributed by atoms with van der Waals surface area (Å²) in [7, 11) is 11.2.